The fourth-order valence-corrected chi connectivity index (χ4v) is 3.47. The van der Waals surface area contributed by atoms with E-state index < -0.39 is 0 Å². The van der Waals surface area contributed by atoms with Gasteiger partial charge in [-0.05, 0) is 18.6 Å². The summed E-state index contributed by atoms with van der Waals surface area (Å²) in [6, 6.07) is 3.09. The fraction of sp³-hybridized carbons (Fsp3) is 0.263. The Bertz CT molecular complexity index is 1050. The van der Waals surface area contributed by atoms with E-state index in [4.69, 9.17) is 11.6 Å². The second-order valence-corrected chi connectivity index (χ2v) is 6.96. The quantitative estimate of drug-likeness (QED) is 0.750. The Labute approximate surface area is 160 Å². The Hall–Kier alpha value is -2.64. The number of benzene rings is 1. The number of H-pyrrole nitrogens is 1. The highest BCUT2D eigenvalue weighted by Gasteiger charge is 2.23. The van der Waals surface area contributed by atoms with Crippen LogP contribution in [0.5, 0.6) is 0 Å². The normalized spacial score (nSPS) is 14.2. The third-order valence-electron chi connectivity index (χ3n) is 4.74. The number of aryl methyl sites for hydroxylation is 1. The molecule has 0 saturated carbocycles. The molecule has 1 aromatic carbocycles. The summed E-state index contributed by atoms with van der Waals surface area (Å²) in [4.78, 5) is 29.9. The van der Waals surface area contributed by atoms with Gasteiger partial charge in [-0.1, -0.05) is 17.7 Å². The Morgan fingerprint density at radius 2 is 2.07 bits per heavy atom. The van der Waals surface area contributed by atoms with E-state index >= 15 is 0 Å². The summed E-state index contributed by atoms with van der Waals surface area (Å²) in [5.74, 6) is 0.128. The molecule has 0 bridgehead atoms. The van der Waals surface area contributed by atoms with Gasteiger partial charge in [0, 0.05) is 44.0 Å². The first-order valence-electron chi connectivity index (χ1n) is 8.56. The third kappa shape index (κ3) is 3.48. The number of halogens is 2. The van der Waals surface area contributed by atoms with E-state index in [1.165, 1.54) is 12.4 Å². The van der Waals surface area contributed by atoms with E-state index in [1.54, 1.807) is 18.5 Å². The van der Waals surface area contributed by atoms with Gasteiger partial charge in [0.05, 0.1) is 21.8 Å². The van der Waals surface area contributed by atoms with Crippen LogP contribution >= 0.6 is 11.6 Å². The summed E-state index contributed by atoms with van der Waals surface area (Å²) in [6.07, 6.45) is 5.24. The number of hydrogen-bond acceptors (Lipinski definition) is 5. The highest BCUT2D eigenvalue weighted by atomic mass is 35.5. The monoisotopic (exact) mass is 385 g/mol. The van der Waals surface area contributed by atoms with Gasteiger partial charge < -0.3 is 4.98 Å². The molecule has 0 amide bonds. The van der Waals surface area contributed by atoms with Crippen LogP contribution in [0, 0.1) is 12.7 Å². The maximum absolute atomic E-state index is 14.2. The van der Waals surface area contributed by atoms with Crippen molar-refractivity contribution >= 4 is 11.6 Å². The molecule has 2 aromatic heterocycles. The van der Waals surface area contributed by atoms with E-state index in [9.17, 15) is 9.18 Å². The molecule has 8 heteroatoms. The van der Waals surface area contributed by atoms with Crippen molar-refractivity contribution in [1.29, 1.82) is 0 Å². The van der Waals surface area contributed by atoms with Crippen molar-refractivity contribution in [2.75, 3.05) is 6.54 Å². The lowest BCUT2D eigenvalue weighted by Gasteiger charge is -2.28. The third-order valence-corrected chi connectivity index (χ3v) is 5.27. The smallest absolute Gasteiger partial charge is 0.255 e. The molecule has 1 N–H and O–H groups in total. The molecule has 6 nitrogen and oxygen atoms in total. The van der Waals surface area contributed by atoms with Crippen LogP contribution in [0.1, 0.15) is 22.4 Å². The zero-order chi connectivity index (χ0) is 19.0. The lowest BCUT2D eigenvalue weighted by atomic mass is 10.0. The fourth-order valence-electron chi connectivity index (χ4n) is 3.26. The summed E-state index contributed by atoms with van der Waals surface area (Å²) < 4.78 is 14.2. The number of aromatic amines is 1. The molecule has 0 spiro atoms. The lowest BCUT2D eigenvalue weighted by molar-refractivity contribution is 0.238. The number of nitrogens with zero attached hydrogens (tertiary/aromatic N) is 4. The predicted molar refractivity (Wildman–Crippen MR) is 99.8 cm³/mol. The molecule has 4 rings (SSSR count). The molecule has 1 aliphatic rings. The number of nitrogens with one attached hydrogen (secondary N) is 1. The van der Waals surface area contributed by atoms with Gasteiger partial charge in [0.2, 0.25) is 0 Å². The minimum absolute atomic E-state index is 0.195. The van der Waals surface area contributed by atoms with Crippen molar-refractivity contribution in [3.05, 3.63) is 74.4 Å². The molecule has 27 heavy (non-hydrogen) atoms. The van der Waals surface area contributed by atoms with E-state index in [2.05, 4.69) is 19.9 Å². The number of aromatic nitrogens is 4. The molecule has 0 aliphatic carbocycles. The van der Waals surface area contributed by atoms with Crippen molar-refractivity contribution in [3.63, 3.8) is 0 Å². The zero-order valence-corrected chi connectivity index (χ0v) is 15.4. The first kappa shape index (κ1) is 17.8. The minimum Gasteiger partial charge on any atom is -0.306 e. The highest BCUT2D eigenvalue weighted by molar-refractivity contribution is 6.32. The van der Waals surface area contributed by atoms with Crippen LogP contribution in [0.3, 0.4) is 0 Å². The summed E-state index contributed by atoms with van der Waals surface area (Å²) in [5.41, 5.74) is 3.12. The minimum atomic E-state index is -0.331. The number of rotatable bonds is 3. The Morgan fingerprint density at radius 3 is 2.85 bits per heavy atom. The number of fused-ring (bicyclic) bond motifs is 1. The molecule has 138 valence electrons. The molecule has 3 aromatic rings. The second-order valence-electron chi connectivity index (χ2n) is 6.58. The Balaban J connectivity index is 1.61. The first-order chi connectivity index (χ1) is 13.0. The van der Waals surface area contributed by atoms with Gasteiger partial charge in [0.25, 0.3) is 5.56 Å². The van der Waals surface area contributed by atoms with E-state index in [0.29, 0.717) is 53.6 Å². The largest absolute Gasteiger partial charge is 0.306 e. The van der Waals surface area contributed by atoms with Crippen LogP contribution in [0.25, 0.3) is 11.4 Å². The standard InChI is InChI=1S/C19H17ClFN5O/c1-11-2-3-15(21)13(17(11)20)8-26-5-4-16-14(9-26)19(27)25-18(24-16)12-6-22-10-23-7-12/h2-3,6-7,10H,4-5,8-9H2,1H3,(H,24,25,27). The molecule has 3 heterocycles. The maximum atomic E-state index is 14.2. The van der Waals surface area contributed by atoms with Gasteiger partial charge in [-0.25, -0.2) is 19.3 Å². The van der Waals surface area contributed by atoms with E-state index in [1.807, 2.05) is 11.8 Å². The SMILES string of the molecule is Cc1ccc(F)c(CN2CCc3nc(-c4cncnc4)[nH]c(=O)c3C2)c1Cl. The molecule has 1 aliphatic heterocycles. The summed E-state index contributed by atoms with van der Waals surface area (Å²) in [6.45, 7) is 3.25. The van der Waals surface area contributed by atoms with Crippen LogP contribution in [0.15, 0.2) is 35.6 Å². The van der Waals surface area contributed by atoms with Gasteiger partial charge in [0.1, 0.15) is 18.0 Å². The Morgan fingerprint density at radius 1 is 1.30 bits per heavy atom. The zero-order valence-electron chi connectivity index (χ0n) is 14.7. The van der Waals surface area contributed by atoms with Crippen LogP contribution in [0.2, 0.25) is 5.02 Å². The van der Waals surface area contributed by atoms with Crippen LogP contribution < -0.4 is 5.56 Å². The average molecular weight is 386 g/mol. The molecular formula is C19H17ClFN5O. The van der Waals surface area contributed by atoms with Crippen LogP contribution in [-0.2, 0) is 19.5 Å². The first-order valence-corrected chi connectivity index (χ1v) is 8.94. The maximum Gasteiger partial charge on any atom is 0.255 e. The van der Waals surface area contributed by atoms with E-state index in [0.717, 1.165) is 11.3 Å². The average Bonchev–Trinajstić information content (AvgIpc) is 2.69. The predicted octanol–water partition coefficient (Wildman–Crippen LogP) is 2.89. The highest BCUT2D eigenvalue weighted by Crippen LogP contribution is 2.26. The van der Waals surface area contributed by atoms with Crippen molar-refractivity contribution in [2.45, 2.75) is 26.4 Å². The number of hydrogen-bond donors (Lipinski definition) is 1. The van der Waals surface area contributed by atoms with Gasteiger partial charge in [-0.2, -0.15) is 0 Å². The molecule has 0 unspecified atom stereocenters. The molecule has 0 fully saturated rings. The molecule has 0 radical (unpaired) electrons. The van der Waals surface area contributed by atoms with Crippen LogP contribution in [0.4, 0.5) is 4.39 Å². The van der Waals surface area contributed by atoms with Gasteiger partial charge >= 0.3 is 0 Å². The lowest BCUT2D eigenvalue weighted by Crippen LogP contribution is -2.35. The summed E-state index contributed by atoms with van der Waals surface area (Å²) in [5, 5.41) is 0.437. The molecule has 0 atom stereocenters. The van der Waals surface area contributed by atoms with Crippen molar-refractivity contribution in [2.24, 2.45) is 0 Å². The van der Waals surface area contributed by atoms with Crippen molar-refractivity contribution in [3.8, 4) is 11.4 Å². The van der Waals surface area contributed by atoms with Gasteiger partial charge in [0.15, 0.2) is 0 Å². The Kier molecular flexibility index (Phi) is 4.72. The summed E-state index contributed by atoms with van der Waals surface area (Å²) in [7, 11) is 0. The second kappa shape index (κ2) is 7.17. The van der Waals surface area contributed by atoms with Crippen LogP contribution in [-0.4, -0.2) is 31.4 Å². The topological polar surface area (TPSA) is 74.8 Å². The van der Waals surface area contributed by atoms with Gasteiger partial charge in [-0.3, -0.25) is 9.69 Å². The molecule has 0 saturated heterocycles. The van der Waals surface area contributed by atoms with Gasteiger partial charge in [-0.15, -0.1) is 0 Å². The van der Waals surface area contributed by atoms with E-state index in [-0.39, 0.29) is 11.4 Å². The summed E-state index contributed by atoms with van der Waals surface area (Å²) >= 11 is 6.28. The van der Waals surface area contributed by atoms with Crippen molar-refractivity contribution < 1.29 is 4.39 Å². The van der Waals surface area contributed by atoms with Crippen molar-refractivity contribution in [1.82, 2.24) is 24.8 Å². The molecular weight excluding hydrogens is 369 g/mol.